The second-order valence-corrected chi connectivity index (χ2v) is 11.9. The van der Waals surface area contributed by atoms with Gasteiger partial charge < -0.3 is 25.7 Å². The number of nitrogens with one attached hydrogen (secondary N) is 2. The summed E-state index contributed by atoms with van der Waals surface area (Å²) in [6.07, 6.45) is -5.21. The molecule has 4 N–H and O–H groups in total. The van der Waals surface area contributed by atoms with Crippen molar-refractivity contribution in [2.75, 3.05) is 23.3 Å². The summed E-state index contributed by atoms with van der Waals surface area (Å²) < 4.78 is 81.2. The first-order chi connectivity index (χ1) is 22.6. The molecule has 0 spiro atoms. The van der Waals surface area contributed by atoms with Crippen LogP contribution in [0.5, 0.6) is 0 Å². The number of rotatable bonds is 10. The van der Waals surface area contributed by atoms with E-state index in [2.05, 4.69) is 37.6 Å². The summed E-state index contributed by atoms with van der Waals surface area (Å²) in [5.41, 5.74) is 1.87. The van der Waals surface area contributed by atoms with Crippen molar-refractivity contribution in [2.24, 2.45) is 4.99 Å². The topological polar surface area (TPSA) is 114 Å². The van der Waals surface area contributed by atoms with Gasteiger partial charge in [-0.25, -0.2) is 9.79 Å². The first kappa shape index (κ1) is 36.5. The number of carboxylic acids is 1. The normalized spacial score (nSPS) is 14.6. The van der Waals surface area contributed by atoms with Crippen LogP contribution in [0.2, 0.25) is 0 Å². The highest BCUT2D eigenvalue weighted by Gasteiger charge is 2.32. The lowest BCUT2D eigenvalue weighted by Gasteiger charge is -2.28. The number of benzene rings is 3. The van der Waals surface area contributed by atoms with Gasteiger partial charge in [0.15, 0.2) is 6.10 Å². The van der Waals surface area contributed by atoms with Crippen LogP contribution in [-0.4, -0.2) is 53.4 Å². The molecule has 4 rings (SSSR count). The molecule has 1 atom stereocenters. The van der Waals surface area contributed by atoms with Crippen LogP contribution in [0.1, 0.15) is 52.7 Å². The predicted molar refractivity (Wildman–Crippen MR) is 173 cm³/mol. The molecule has 1 aliphatic rings. The lowest BCUT2D eigenvalue weighted by atomic mass is 9.93. The Morgan fingerprint density at radius 1 is 0.958 bits per heavy atom. The molecule has 15 heteroatoms. The van der Waals surface area contributed by atoms with Crippen molar-refractivity contribution >= 4 is 50.7 Å². The average molecular weight is 742 g/mol. The Hall–Kier alpha value is -4.37. The monoisotopic (exact) mass is 740 g/mol. The van der Waals surface area contributed by atoms with Crippen LogP contribution in [0.15, 0.2) is 82.3 Å². The fraction of sp³-hybridized carbons (Fsp3) is 0.303. The van der Waals surface area contributed by atoms with Gasteiger partial charge in [0.1, 0.15) is 6.54 Å². The number of amides is 1. The summed E-state index contributed by atoms with van der Waals surface area (Å²) in [6.45, 7) is -2.28. The molecular formula is C33H31BrF6N4O4. The van der Waals surface area contributed by atoms with Crippen LogP contribution < -0.4 is 15.5 Å². The molecule has 0 saturated heterocycles. The molecular weight excluding hydrogens is 710 g/mol. The third kappa shape index (κ3) is 10.6. The average Bonchev–Trinajstić information content (AvgIpc) is 3.04. The third-order valence-electron chi connectivity index (χ3n) is 7.28. The van der Waals surface area contributed by atoms with Gasteiger partial charge in [0.2, 0.25) is 5.96 Å². The number of carbonyl (C=O) groups excluding carboxylic acids is 1. The van der Waals surface area contributed by atoms with Crippen LogP contribution in [0, 0.1) is 0 Å². The van der Waals surface area contributed by atoms with Gasteiger partial charge in [-0.05, 0) is 84.8 Å². The Balaban J connectivity index is 1.71. The Labute approximate surface area is 280 Å². The fourth-order valence-electron chi connectivity index (χ4n) is 4.88. The van der Waals surface area contributed by atoms with Gasteiger partial charge in [0.05, 0.1) is 18.7 Å². The second kappa shape index (κ2) is 15.7. The third-order valence-corrected chi connectivity index (χ3v) is 7.74. The number of halogens is 7. The maximum absolute atomic E-state index is 13.6. The molecule has 1 amide bonds. The largest absolute Gasteiger partial charge is 0.479 e. The van der Waals surface area contributed by atoms with Crippen LogP contribution in [0.3, 0.4) is 0 Å². The molecule has 0 aromatic heterocycles. The Bertz CT molecular complexity index is 1660. The number of carboxylic acid groups (broad SMARTS) is 1. The van der Waals surface area contributed by atoms with Gasteiger partial charge >= 0.3 is 18.3 Å². The molecule has 3 aromatic carbocycles. The van der Waals surface area contributed by atoms with E-state index in [1.807, 2.05) is 12.1 Å². The van der Waals surface area contributed by atoms with Crippen LogP contribution in [0.4, 0.5) is 37.7 Å². The number of hydrogen-bond acceptors (Lipinski definition) is 4. The van der Waals surface area contributed by atoms with Gasteiger partial charge in [-0.2, -0.15) is 26.3 Å². The molecule has 0 fully saturated rings. The van der Waals surface area contributed by atoms with Gasteiger partial charge in [-0.3, -0.25) is 4.79 Å². The van der Waals surface area contributed by atoms with Gasteiger partial charge in [0.25, 0.3) is 5.91 Å². The summed E-state index contributed by atoms with van der Waals surface area (Å²) in [4.78, 5) is 28.4. The summed E-state index contributed by atoms with van der Waals surface area (Å²) in [5, 5.41) is 23.2. The van der Waals surface area contributed by atoms with Crippen molar-refractivity contribution in [3.8, 4) is 0 Å². The Morgan fingerprint density at radius 2 is 1.65 bits per heavy atom. The van der Waals surface area contributed by atoms with E-state index in [4.69, 9.17) is 5.11 Å². The lowest BCUT2D eigenvalue weighted by Crippen LogP contribution is -2.37. The fourth-order valence-corrected chi connectivity index (χ4v) is 5.37. The minimum Gasteiger partial charge on any atom is -0.479 e. The van der Waals surface area contributed by atoms with E-state index in [0.717, 1.165) is 49.0 Å². The van der Waals surface area contributed by atoms with E-state index in [0.29, 0.717) is 11.3 Å². The lowest BCUT2D eigenvalue weighted by molar-refractivity contribution is -0.146. The first-order valence-corrected chi connectivity index (χ1v) is 15.5. The molecule has 256 valence electrons. The van der Waals surface area contributed by atoms with Crippen molar-refractivity contribution in [3.63, 3.8) is 0 Å². The first-order valence-electron chi connectivity index (χ1n) is 14.7. The molecule has 48 heavy (non-hydrogen) atoms. The number of guanidine groups is 1. The van der Waals surface area contributed by atoms with E-state index in [9.17, 15) is 41.0 Å². The number of nitrogens with zero attached hydrogens (tertiary/aromatic N) is 2. The standard InChI is InChI=1S/C33H31BrF6N4O4/c34-25-14-24(33(38,39)40)15-26(16-25)43-31(42-19-32(35,36)37)44(27-12-10-22(11-13-27)21-4-2-1-3-5-21)18-20-6-8-23(9-7-20)29(46)41-17-28(45)30(47)48/h4,6-16,28,45H,1-3,5,17-19H2,(H,41,46)(H,42,43)(H,47,48)/t28-/m1/s1. The molecule has 8 nitrogen and oxygen atoms in total. The predicted octanol–water partition coefficient (Wildman–Crippen LogP) is 7.64. The number of allylic oxidation sites excluding steroid dienone is 2. The number of aliphatic hydroxyl groups excluding tert-OH is 1. The van der Waals surface area contributed by atoms with E-state index in [1.165, 1.54) is 35.2 Å². The molecule has 0 radical (unpaired) electrons. The van der Waals surface area contributed by atoms with Crippen molar-refractivity contribution in [1.82, 2.24) is 5.32 Å². The molecule has 0 aliphatic heterocycles. The van der Waals surface area contributed by atoms with Crippen LogP contribution in [0.25, 0.3) is 5.57 Å². The molecule has 0 unspecified atom stereocenters. The summed E-state index contributed by atoms with van der Waals surface area (Å²) in [6, 6.07) is 15.7. The number of hydrogen-bond donors (Lipinski definition) is 4. The number of aliphatic hydroxyl groups is 1. The maximum atomic E-state index is 13.6. The van der Waals surface area contributed by atoms with Gasteiger partial charge in [-0.1, -0.05) is 46.3 Å². The number of anilines is 2. The van der Waals surface area contributed by atoms with E-state index >= 15 is 0 Å². The van der Waals surface area contributed by atoms with Crippen LogP contribution >= 0.6 is 15.9 Å². The Kier molecular flexibility index (Phi) is 11.9. The zero-order chi connectivity index (χ0) is 35.1. The highest BCUT2D eigenvalue weighted by Crippen LogP contribution is 2.34. The number of aliphatic carboxylic acids is 1. The molecule has 1 aliphatic carbocycles. The molecule has 3 aromatic rings. The van der Waals surface area contributed by atoms with Crippen LogP contribution in [-0.2, 0) is 17.5 Å². The van der Waals surface area contributed by atoms with Crippen molar-refractivity contribution in [3.05, 3.63) is 99.5 Å². The zero-order valence-corrected chi connectivity index (χ0v) is 26.8. The van der Waals surface area contributed by atoms with Crippen molar-refractivity contribution < 1.29 is 46.1 Å². The van der Waals surface area contributed by atoms with E-state index < -0.39 is 49.0 Å². The van der Waals surface area contributed by atoms with E-state index in [-0.39, 0.29) is 28.2 Å². The molecule has 0 bridgehead atoms. The second-order valence-electron chi connectivity index (χ2n) is 11.0. The summed E-state index contributed by atoms with van der Waals surface area (Å²) in [5.74, 6) is -2.56. The molecule has 0 heterocycles. The number of aliphatic imine (C=N–C) groups is 1. The smallest absolute Gasteiger partial charge is 0.416 e. The van der Waals surface area contributed by atoms with E-state index in [1.54, 1.807) is 12.1 Å². The van der Waals surface area contributed by atoms with Gasteiger partial charge in [-0.15, -0.1) is 0 Å². The Morgan fingerprint density at radius 3 is 2.23 bits per heavy atom. The quantitative estimate of drug-likeness (QED) is 0.0966. The number of carbonyl (C=O) groups is 2. The van der Waals surface area contributed by atoms with Gasteiger partial charge in [0, 0.05) is 21.4 Å². The van der Waals surface area contributed by atoms with Crippen molar-refractivity contribution in [1.29, 1.82) is 0 Å². The summed E-state index contributed by atoms with van der Waals surface area (Å²) >= 11 is 3.04. The number of alkyl halides is 6. The highest BCUT2D eigenvalue weighted by molar-refractivity contribution is 9.10. The SMILES string of the molecule is O=C(NC[C@@H](O)C(=O)O)c1ccc(CN(/C(=N\CC(F)(F)F)Nc2cc(Br)cc(C(F)(F)F)c2)c2ccc(C3=CCCCC3)cc2)cc1. The highest BCUT2D eigenvalue weighted by atomic mass is 79.9. The minimum absolute atomic E-state index is 0.0383. The zero-order valence-electron chi connectivity index (χ0n) is 25.2. The summed E-state index contributed by atoms with van der Waals surface area (Å²) in [7, 11) is 0. The minimum atomic E-state index is -4.73. The van der Waals surface area contributed by atoms with Crippen molar-refractivity contribution in [2.45, 2.75) is 50.7 Å². The maximum Gasteiger partial charge on any atom is 0.416 e. The molecule has 0 saturated carbocycles.